The highest BCUT2D eigenvalue weighted by Gasteiger charge is 2.34. The first kappa shape index (κ1) is 15.0. The standard InChI is InChI=1S/C15H14ClNO2S2/c16-12-6-2-1-4-10(12)8-13-14(18)17(15(20)21-13)9-11-5-3-7-19-11/h1-2,4,6,8,11H,3,5,7,9H2/b13-8-. The lowest BCUT2D eigenvalue weighted by Crippen LogP contribution is -2.35. The van der Waals surface area contributed by atoms with Gasteiger partial charge in [-0.05, 0) is 30.5 Å². The van der Waals surface area contributed by atoms with Crippen LogP contribution < -0.4 is 0 Å². The Hall–Kier alpha value is -0.880. The van der Waals surface area contributed by atoms with Crippen molar-refractivity contribution in [3.8, 4) is 0 Å². The highest BCUT2D eigenvalue weighted by Crippen LogP contribution is 2.34. The summed E-state index contributed by atoms with van der Waals surface area (Å²) in [5.74, 6) is -0.0552. The number of hydrogen-bond donors (Lipinski definition) is 0. The molecule has 2 aliphatic heterocycles. The molecule has 3 nitrogen and oxygen atoms in total. The zero-order chi connectivity index (χ0) is 14.8. The topological polar surface area (TPSA) is 29.5 Å². The molecule has 2 aliphatic rings. The third kappa shape index (κ3) is 3.31. The van der Waals surface area contributed by atoms with Gasteiger partial charge in [0.05, 0.1) is 17.6 Å². The number of carbonyl (C=O) groups excluding carboxylic acids is 1. The largest absolute Gasteiger partial charge is 0.376 e. The van der Waals surface area contributed by atoms with E-state index in [1.165, 1.54) is 11.8 Å². The van der Waals surface area contributed by atoms with E-state index in [-0.39, 0.29) is 12.0 Å². The highest BCUT2D eigenvalue weighted by atomic mass is 35.5. The van der Waals surface area contributed by atoms with Crippen LogP contribution in [0.25, 0.3) is 6.08 Å². The number of amides is 1. The van der Waals surface area contributed by atoms with Crippen molar-refractivity contribution >= 4 is 51.9 Å². The molecule has 0 aliphatic carbocycles. The number of halogens is 1. The van der Waals surface area contributed by atoms with Crippen LogP contribution in [0.2, 0.25) is 5.02 Å². The Morgan fingerprint density at radius 1 is 1.48 bits per heavy atom. The molecule has 0 bridgehead atoms. The van der Waals surface area contributed by atoms with E-state index < -0.39 is 0 Å². The molecule has 0 saturated carbocycles. The molecule has 1 aromatic carbocycles. The Morgan fingerprint density at radius 3 is 3.00 bits per heavy atom. The predicted molar refractivity (Wildman–Crippen MR) is 90.3 cm³/mol. The second-order valence-corrected chi connectivity index (χ2v) is 7.03. The third-order valence-corrected chi connectivity index (χ3v) is 5.20. The van der Waals surface area contributed by atoms with E-state index in [0.717, 1.165) is 25.0 Å². The summed E-state index contributed by atoms with van der Waals surface area (Å²) in [6, 6.07) is 7.45. The summed E-state index contributed by atoms with van der Waals surface area (Å²) in [5.41, 5.74) is 0.830. The van der Waals surface area contributed by atoms with Gasteiger partial charge in [0.25, 0.3) is 5.91 Å². The van der Waals surface area contributed by atoms with Gasteiger partial charge in [-0.2, -0.15) is 0 Å². The molecule has 0 radical (unpaired) electrons. The van der Waals surface area contributed by atoms with E-state index in [9.17, 15) is 4.79 Å². The van der Waals surface area contributed by atoms with E-state index in [2.05, 4.69) is 0 Å². The normalized spacial score (nSPS) is 24.3. The smallest absolute Gasteiger partial charge is 0.266 e. The summed E-state index contributed by atoms with van der Waals surface area (Å²) in [5, 5.41) is 0.627. The second kappa shape index (κ2) is 6.48. The molecule has 0 aromatic heterocycles. The van der Waals surface area contributed by atoms with Crippen LogP contribution >= 0.6 is 35.6 Å². The van der Waals surface area contributed by atoms with E-state index in [1.807, 2.05) is 18.2 Å². The number of ether oxygens (including phenoxy) is 1. The van der Waals surface area contributed by atoms with Gasteiger partial charge in [-0.1, -0.05) is 53.8 Å². The third-order valence-electron chi connectivity index (χ3n) is 3.48. The second-order valence-electron chi connectivity index (χ2n) is 4.95. The molecule has 1 unspecified atom stereocenters. The summed E-state index contributed by atoms with van der Waals surface area (Å²) < 4.78 is 6.17. The molecule has 2 fully saturated rings. The van der Waals surface area contributed by atoms with Crippen molar-refractivity contribution in [2.24, 2.45) is 0 Å². The molecular weight excluding hydrogens is 326 g/mol. The Kier molecular flexibility index (Phi) is 4.64. The first-order chi connectivity index (χ1) is 10.1. The quantitative estimate of drug-likeness (QED) is 0.620. The molecule has 21 heavy (non-hydrogen) atoms. The zero-order valence-electron chi connectivity index (χ0n) is 11.3. The number of thiocarbonyl (C=S) groups is 1. The van der Waals surface area contributed by atoms with Crippen molar-refractivity contribution in [2.75, 3.05) is 13.2 Å². The predicted octanol–water partition coefficient (Wildman–Crippen LogP) is 3.72. The fourth-order valence-corrected chi connectivity index (χ4v) is 3.84. The van der Waals surface area contributed by atoms with Gasteiger partial charge in [-0.3, -0.25) is 9.69 Å². The number of benzene rings is 1. The van der Waals surface area contributed by atoms with Crippen LogP contribution in [0.5, 0.6) is 0 Å². The van der Waals surface area contributed by atoms with Crippen LogP contribution in [0.15, 0.2) is 29.2 Å². The maximum Gasteiger partial charge on any atom is 0.266 e. The van der Waals surface area contributed by atoms with Gasteiger partial charge in [-0.25, -0.2) is 0 Å². The summed E-state index contributed by atoms with van der Waals surface area (Å²) in [4.78, 5) is 14.7. The number of rotatable bonds is 3. The molecule has 1 amide bonds. The lowest BCUT2D eigenvalue weighted by molar-refractivity contribution is -0.123. The molecule has 0 N–H and O–H groups in total. The highest BCUT2D eigenvalue weighted by molar-refractivity contribution is 8.26. The van der Waals surface area contributed by atoms with Crippen molar-refractivity contribution in [1.29, 1.82) is 0 Å². The number of hydrogen-bond acceptors (Lipinski definition) is 4. The molecule has 1 aromatic rings. The lowest BCUT2D eigenvalue weighted by atomic mass is 10.2. The maximum atomic E-state index is 12.5. The molecule has 1 atom stereocenters. The Labute approximate surface area is 138 Å². The van der Waals surface area contributed by atoms with Gasteiger partial charge in [-0.15, -0.1) is 0 Å². The van der Waals surface area contributed by atoms with Crippen LogP contribution in [0.4, 0.5) is 0 Å². The first-order valence-electron chi connectivity index (χ1n) is 6.76. The SMILES string of the molecule is O=C1/C(=C/c2ccccc2Cl)SC(=S)N1CC1CCCO1. The maximum absolute atomic E-state index is 12.5. The minimum absolute atomic E-state index is 0.0552. The minimum Gasteiger partial charge on any atom is -0.376 e. The monoisotopic (exact) mass is 339 g/mol. The van der Waals surface area contributed by atoms with Crippen molar-refractivity contribution < 1.29 is 9.53 Å². The van der Waals surface area contributed by atoms with Gasteiger partial charge < -0.3 is 4.74 Å². The average molecular weight is 340 g/mol. The minimum atomic E-state index is -0.0552. The Bertz CT molecular complexity index is 611. The fourth-order valence-electron chi connectivity index (χ4n) is 2.38. The molecular formula is C15H14ClNO2S2. The van der Waals surface area contributed by atoms with E-state index >= 15 is 0 Å². The van der Waals surface area contributed by atoms with Crippen LogP contribution in [0, 0.1) is 0 Å². The van der Waals surface area contributed by atoms with Gasteiger partial charge in [0.1, 0.15) is 4.32 Å². The summed E-state index contributed by atoms with van der Waals surface area (Å²) in [6.07, 6.45) is 3.94. The van der Waals surface area contributed by atoms with Crippen molar-refractivity contribution in [2.45, 2.75) is 18.9 Å². The van der Waals surface area contributed by atoms with Gasteiger partial charge >= 0.3 is 0 Å². The van der Waals surface area contributed by atoms with Crippen molar-refractivity contribution in [1.82, 2.24) is 4.90 Å². The number of nitrogens with zero attached hydrogens (tertiary/aromatic N) is 1. The zero-order valence-corrected chi connectivity index (χ0v) is 13.6. The van der Waals surface area contributed by atoms with E-state index in [1.54, 1.807) is 17.0 Å². The van der Waals surface area contributed by atoms with Crippen LogP contribution in [-0.2, 0) is 9.53 Å². The number of carbonyl (C=O) groups is 1. The molecule has 6 heteroatoms. The van der Waals surface area contributed by atoms with Gasteiger partial charge in [0.2, 0.25) is 0 Å². The summed E-state index contributed by atoms with van der Waals surface area (Å²) in [6.45, 7) is 1.32. The first-order valence-corrected chi connectivity index (χ1v) is 8.37. The van der Waals surface area contributed by atoms with Crippen LogP contribution in [0.3, 0.4) is 0 Å². The Balaban J connectivity index is 1.78. The molecule has 110 valence electrons. The fraction of sp³-hybridized carbons (Fsp3) is 0.333. The average Bonchev–Trinajstić information content (AvgIpc) is 3.06. The van der Waals surface area contributed by atoms with Crippen molar-refractivity contribution in [3.05, 3.63) is 39.8 Å². The van der Waals surface area contributed by atoms with Crippen LogP contribution in [0.1, 0.15) is 18.4 Å². The molecule has 3 rings (SSSR count). The summed E-state index contributed by atoms with van der Waals surface area (Å²) >= 11 is 12.8. The molecule has 2 saturated heterocycles. The van der Waals surface area contributed by atoms with Gasteiger partial charge in [0, 0.05) is 11.6 Å². The summed E-state index contributed by atoms with van der Waals surface area (Å²) in [7, 11) is 0. The van der Waals surface area contributed by atoms with Gasteiger partial charge in [0.15, 0.2) is 0 Å². The Morgan fingerprint density at radius 2 is 2.29 bits per heavy atom. The molecule has 2 heterocycles. The molecule has 0 spiro atoms. The van der Waals surface area contributed by atoms with Crippen LogP contribution in [-0.4, -0.2) is 34.4 Å². The van der Waals surface area contributed by atoms with Crippen molar-refractivity contribution in [3.63, 3.8) is 0 Å². The van der Waals surface area contributed by atoms with E-state index in [4.69, 9.17) is 28.6 Å². The lowest BCUT2D eigenvalue weighted by Gasteiger charge is -2.18. The van der Waals surface area contributed by atoms with E-state index in [0.29, 0.717) is 20.8 Å². The number of thioether (sulfide) groups is 1.